The summed E-state index contributed by atoms with van der Waals surface area (Å²) in [4.78, 5) is 58.6. The second-order valence-corrected chi connectivity index (χ2v) is 10.2. The van der Waals surface area contributed by atoms with Gasteiger partial charge >= 0.3 is 5.97 Å². The van der Waals surface area contributed by atoms with Crippen molar-refractivity contribution in [3.8, 4) is 0 Å². The number of β-lactam (4-membered cyclic amide) rings is 1. The van der Waals surface area contributed by atoms with Gasteiger partial charge in [-0.1, -0.05) is 11.2 Å². The minimum atomic E-state index is -1.26. The van der Waals surface area contributed by atoms with Gasteiger partial charge in [-0.15, -0.1) is 11.8 Å². The lowest BCUT2D eigenvalue weighted by Gasteiger charge is -2.49. The summed E-state index contributed by atoms with van der Waals surface area (Å²) in [6, 6.07) is -0.975. The minimum absolute atomic E-state index is 0.0528. The van der Waals surface area contributed by atoms with Crippen molar-refractivity contribution in [2.24, 2.45) is 10.9 Å². The van der Waals surface area contributed by atoms with Crippen LogP contribution in [0.25, 0.3) is 0 Å². The molecule has 1 aromatic rings. The smallest absolute Gasteiger partial charge is 0.352 e. The van der Waals surface area contributed by atoms with Crippen molar-refractivity contribution in [1.29, 1.82) is 0 Å². The number of likely N-dealkylation sites (N-methyl/N-ethyl adjacent to an activating group) is 1. The Balaban J connectivity index is 1.75. The van der Waals surface area contributed by atoms with E-state index in [4.69, 9.17) is 16.3 Å². The molecular formula is C19H25N8O6S2+. The Hall–Kier alpha value is -3.50. The maximum Gasteiger partial charge on any atom is 0.352 e. The first-order valence-corrected chi connectivity index (χ1v) is 12.0. The van der Waals surface area contributed by atoms with Crippen molar-refractivity contribution >= 4 is 57.8 Å². The largest absolute Gasteiger partial charge is 0.477 e. The zero-order valence-corrected chi connectivity index (χ0v) is 20.8. The predicted octanol–water partition coefficient (Wildman–Crippen LogP) is -1.67. The van der Waals surface area contributed by atoms with Crippen molar-refractivity contribution in [1.82, 2.24) is 19.6 Å². The van der Waals surface area contributed by atoms with Crippen LogP contribution in [0.4, 0.5) is 5.13 Å². The number of primary amides is 1. The molecular weight excluding hydrogens is 500 g/mol. The highest BCUT2D eigenvalue weighted by Gasteiger charge is 2.54. The molecule has 188 valence electrons. The van der Waals surface area contributed by atoms with Gasteiger partial charge in [0.2, 0.25) is 11.5 Å². The summed E-state index contributed by atoms with van der Waals surface area (Å²) in [6.45, 7) is 0.548. The number of fused-ring (bicyclic) bond motifs is 1. The number of rotatable bonds is 10. The van der Waals surface area contributed by atoms with Gasteiger partial charge in [0.1, 0.15) is 24.2 Å². The second kappa shape index (κ2) is 10.4. The minimum Gasteiger partial charge on any atom is -0.477 e. The van der Waals surface area contributed by atoms with Gasteiger partial charge in [0.15, 0.2) is 11.7 Å². The van der Waals surface area contributed by atoms with E-state index in [1.807, 2.05) is 14.1 Å². The number of nitrogens with two attached hydrogens (primary N) is 2. The molecule has 2 atom stereocenters. The highest BCUT2D eigenvalue weighted by atomic mass is 32.2. The van der Waals surface area contributed by atoms with Crippen molar-refractivity contribution < 1.29 is 33.6 Å². The second-order valence-electron chi connectivity index (χ2n) is 8.26. The van der Waals surface area contributed by atoms with Crippen LogP contribution in [-0.4, -0.2) is 105 Å². The van der Waals surface area contributed by atoms with Crippen LogP contribution in [0.2, 0.25) is 0 Å². The number of oxime groups is 1. The molecule has 1 saturated heterocycles. The van der Waals surface area contributed by atoms with Crippen LogP contribution in [0.3, 0.4) is 0 Å². The first-order chi connectivity index (χ1) is 16.4. The number of hydrogen-bond acceptors (Lipinski definition) is 11. The van der Waals surface area contributed by atoms with Gasteiger partial charge < -0.3 is 31.2 Å². The van der Waals surface area contributed by atoms with Crippen molar-refractivity contribution in [3.05, 3.63) is 29.2 Å². The van der Waals surface area contributed by atoms with E-state index in [2.05, 4.69) is 19.8 Å². The molecule has 14 nitrogen and oxygen atoms in total. The first-order valence-electron chi connectivity index (χ1n) is 10.1. The number of amides is 3. The standard InChI is InChI=1S/C19H24N8O6S2/c1-27(2,7-10(20)28)6-4-5-9-8-34-17-12(16(30)26(17)13(9)18(31)32)22-15(29)11(24-33-3)14-23-19(21)35-25-14/h4-5,12,17H,6-8H2,1-3H3,(H5-,20,21,22,23,25,28,29,31,32)/p+1/b5-4+,24-11-/t12-,17-/m1/s1. The molecule has 0 aliphatic carbocycles. The molecule has 3 rings (SSSR count). The number of quaternary nitrogens is 1. The number of carbonyl (C=O) groups is 4. The molecule has 0 aromatic carbocycles. The quantitative estimate of drug-likeness (QED) is 0.118. The Labute approximate surface area is 208 Å². The fraction of sp³-hybridized carbons (Fsp3) is 0.421. The Morgan fingerprint density at radius 1 is 1.40 bits per heavy atom. The summed E-state index contributed by atoms with van der Waals surface area (Å²) in [5, 5.41) is 15.5. The number of carbonyl (C=O) groups excluding carboxylic acids is 3. The van der Waals surface area contributed by atoms with Crippen LogP contribution in [0, 0.1) is 0 Å². The number of hydrogen-bond donors (Lipinski definition) is 4. The van der Waals surface area contributed by atoms with Crippen LogP contribution in [0.15, 0.2) is 28.6 Å². The third-order valence-corrected chi connectivity index (χ3v) is 6.89. The number of anilines is 1. The van der Waals surface area contributed by atoms with E-state index in [0.29, 0.717) is 22.4 Å². The van der Waals surface area contributed by atoms with Gasteiger partial charge in [-0.3, -0.25) is 19.3 Å². The first kappa shape index (κ1) is 26.1. The number of carboxylic acids is 1. The summed E-state index contributed by atoms with van der Waals surface area (Å²) < 4.78 is 4.22. The molecule has 0 spiro atoms. The molecule has 35 heavy (non-hydrogen) atoms. The van der Waals surface area contributed by atoms with E-state index in [-0.39, 0.29) is 28.9 Å². The van der Waals surface area contributed by atoms with Crippen LogP contribution >= 0.6 is 23.3 Å². The van der Waals surface area contributed by atoms with Crippen LogP contribution in [0.1, 0.15) is 5.82 Å². The summed E-state index contributed by atoms with van der Waals surface area (Å²) in [6.07, 6.45) is 3.38. The summed E-state index contributed by atoms with van der Waals surface area (Å²) >= 11 is 2.17. The topological polar surface area (TPSA) is 203 Å². The van der Waals surface area contributed by atoms with E-state index in [1.165, 1.54) is 18.9 Å². The maximum atomic E-state index is 12.9. The third kappa shape index (κ3) is 5.77. The van der Waals surface area contributed by atoms with Crippen LogP contribution < -0.4 is 16.8 Å². The number of nitrogens with one attached hydrogen (secondary N) is 1. The zero-order valence-electron chi connectivity index (χ0n) is 19.1. The zero-order chi connectivity index (χ0) is 25.9. The molecule has 1 fully saturated rings. The molecule has 1 aromatic heterocycles. The fourth-order valence-corrected chi connectivity index (χ4v) is 5.31. The Morgan fingerprint density at radius 2 is 2.11 bits per heavy atom. The monoisotopic (exact) mass is 525 g/mol. The third-order valence-electron chi connectivity index (χ3n) is 5.04. The van der Waals surface area contributed by atoms with Gasteiger partial charge in [0.05, 0.1) is 20.6 Å². The van der Waals surface area contributed by atoms with Crippen molar-refractivity contribution in [3.63, 3.8) is 0 Å². The molecule has 0 bridgehead atoms. The lowest BCUT2D eigenvalue weighted by Crippen LogP contribution is -2.71. The number of allylic oxidation sites excluding steroid dienone is 1. The average molecular weight is 526 g/mol. The number of nitrogen functional groups attached to an aromatic ring is 1. The fourth-order valence-electron chi connectivity index (χ4n) is 3.55. The van der Waals surface area contributed by atoms with E-state index in [9.17, 15) is 24.3 Å². The number of carboxylic acid groups (broad SMARTS) is 1. The highest BCUT2D eigenvalue weighted by molar-refractivity contribution is 8.00. The molecule has 2 aliphatic heterocycles. The molecule has 0 unspecified atom stereocenters. The van der Waals surface area contributed by atoms with Gasteiger partial charge in [-0.2, -0.15) is 9.36 Å². The van der Waals surface area contributed by atoms with E-state index >= 15 is 0 Å². The number of nitrogens with zero attached hydrogens (tertiary/aromatic N) is 5. The van der Waals surface area contributed by atoms with Crippen LogP contribution in [0.5, 0.6) is 0 Å². The van der Waals surface area contributed by atoms with Gasteiger partial charge in [0, 0.05) is 17.3 Å². The number of aromatic nitrogens is 2. The van der Waals surface area contributed by atoms with E-state index < -0.39 is 35.1 Å². The van der Waals surface area contributed by atoms with Crippen molar-refractivity contribution in [2.45, 2.75) is 11.4 Å². The molecule has 16 heteroatoms. The normalized spacial score (nSPS) is 20.5. The van der Waals surface area contributed by atoms with Crippen molar-refractivity contribution in [2.75, 3.05) is 45.8 Å². The Morgan fingerprint density at radius 3 is 2.69 bits per heavy atom. The number of aliphatic carboxylic acids is 1. The van der Waals surface area contributed by atoms with Crippen LogP contribution in [-0.2, 0) is 24.0 Å². The summed E-state index contributed by atoms with van der Waals surface area (Å²) in [5.74, 6) is -2.80. The van der Waals surface area contributed by atoms with Gasteiger partial charge in [-0.05, 0) is 11.6 Å². The molecule has 0 saturated carbocycles. The van der Waals surface area contributed by atoms with E-state index in [1.54, 1.807) is 12.2 Å². The summed E-state index contributed by atoms with van der Waals surface area (Å²) in [7, 11) is 4.87. The molecule has 3 amide bonds. The average Bonchev–Trinajstić information content (AvgIpc) is 3.19. The molecule has 3 heterocycles. The van der Waals surface area contributed by atoms with E-state index in [0.717, 1.165) is 16.4 Å². The molecule has 6 N–H and O–H groups in total. The predicted molar refractivity (Wildman–Crippen MR) is 128 cm³/mol. The lowest BCUT2D eigenvalue weighted by atomic mass is 10.0. The Bertz CT molecular complexity index is 1140. The molecule has 2 aliphatic rings. The number of thioether (sulfide) groups is 1. The maximum absolute atomic E-state index is 12.9. The van der Waals surface area contributed by atoms with Gasteiger partial charge in [0.25, 0.3) is 17.7 Å². The molecule has 0 radical (unpaired) electrons. The SMILES string of the molecule is CO/N=C(\C(=O)N[C@@H]1C(=O)N2C(C(=O)O)=C(/C=C/C[N+](C)(C)CC(N)=O)CS[C@H]12)c1nsc(N)n1. The van der Waals surface area contributed by atoms with Gasteiger partial charge in [-0.25, -0.2) is 4.79 Å². The lowest BCUT2D eigenvalue weighted by molar-refractivity contribution is -0.876. The summed E-state index contributed by atoms with van der Waals surface area (Å²) in [5.41, 5.74) is 10.9. The highest BCUT2D eigenvalue weighted by Crippen LogP contribution is 2.40. The Kier molecular flexibility index (Phi) is 7.76.